The molecule has 1 unspecified atom stereocenters. The molecule has 6 nitrogen and oxygen atoms in total. The lowest BCUT2D eigenvalue weighted by atomic mass is 10.2. The summed E-state index contributed by atoms with van der Waals surface area (Å²) in [6, 6.07) is 0.609. The van der Waals surface area contributed by atoms with Gasteiger partial charge in [0.25, 0.3) is 5.56 Å². The van der Waals surface area contributed by atoms with Gasteiger partial charge >= 0.3 is 5.97 Å². The fraction of sp³-hybridized carbons (Fsp3) is 0.444. The van der Waals surface area contributed by atoms with Crippen molar-refractivity contribution in [3.8, 4) is 0 Å². The Morgan fingerprint density at radius 1 is 1.67 bits per heavy atom. The van der Waals surface area contributed by atoms with E-state index in [4.69, 9.17) is 5.11 Å². The first-order valence-corrected chi connectivity index (χ1v) is 4.71. The zero-order valence-corrected chi connectivity index (χ0v) is 7.93. The van der Waals surface area contributed by atoms with Crippen LogP contribution < -0.4 is 10.9 Å². The van der Waals surface area contributed by atoms with Crippen molar-refractivity contribution >= 4 is 11.8 Å². The molecule has 0 amide bonds. The van der Waals surface area contributed by atoms with Crippen LogP contribution in [0.1, 0.15) is 12.8 Å². The van der Waals surface area contributed by atoms with E-state index in [9.17, 15) is 9.59 Å². The second-order valence-electron chi connectivity index (χ2n) is 3.59. The minimum absolute atomic E-state index is 0.156. The van der Waals surface area contributed by atoms with Crippen LogP contribution in [0.25, 0.3) is 0 Å². The highest BCUT2D eigenvalue weighted by atomic mass is 16.4. The van der Waals surface area contributed by atoms with Crippen LogP contribution in [0, 0.1) is 5.92 Å². The zero-order valence-electron chi connectivity index (χ0n) is 7.93. The van der Waals surface area contributed by atoms with Crippen molar-refractivity contribution in [3.63, 3.8) is 0 Å². The normalized spacial score (nSPS) is 17.1. The lowest BCUT2D eigenvalue weighted by molar-refractivity contribution is -0.138. The summed E-state index contributed by atoms with van der Waals surface area (Å²) >= 11 is 0. The molecule has 1 aromatic heterocycles. The van der Waals surface area contributed by atoms with Gasteiger partial charge in [-0.15, -0.1) is 0 Å². The number of nitrogens with one attached hydrogen (secondary N) is 2. The molecule has 0 aliphatic heterocycles. The van der Waals surface area contributed by atoms with E-state index in [0.29, 0.717) is 5.82 Å². The topological polar surface area (TPSA) is 95.1 Å². The highest BCUT2D eigenvalue weighted by Gasteiger charge is 2.36. The summed E-state index contributed by atoms with van der Waals surface area (Å²) in [6.07, 6.45) is 3.07. The molecule has 2 rings (SSSR count). The molecule has 0 spiro atoms. The molecule has 1 atom stereocenters. The summed E-state index contributed by atoms with van der Waals surface area (Å²) in [5, 5.41) is 11.7. The summed E-state index contributed by atoms with van der Waals surface area (Å²) in [4.78, 5) is 28.0. The number of rotatable bonds is 4. The molecule has 80 valence electrons. The molecule has 1 aromatic rings. The van der Waals surface area contributed by atoms with Gasteiger partial charge in [0.1, 0.15) is 11.9 Å². The van der Waals surface area contributed by atoms with Gasteiger partial charge in [-0.1, -0.05) is 0 Å². The van der Waals surface area contributed by atoms with Crippen LogP contribution in [-0.4, -0.2) is 27.1 Å². The van der Waals surface area contributed by atoms with Gasteiger partial charge in [0.2, 0.25) is 0 Å². The van der Waals surface area contributed by atoms with Crippen molar-refractivity contribution in [2.24, 2.45) is 5.92 Å². The number of carbonyl (C=O) groups is 1. The highest BCUT2D eigenvalue weighted by molar-refractivity contribution is 5.77. The maximum atomic E-state index is 10.9. The number of carboxylic acids is 1. The second-order valence-corrected chi connectivity index (χ2v) is 3.59. The molecular formula is C9H11N3O3. The molecule has 1 aliphatic rings. The van der Waals surface area contributed by atoms with Crippen LogP contribution >= 0.6 is 0 Å². The van der Waals surface area contributed by atoms with E-state index in [2.05, 4.69) is 15.3 Å². The Hall–Kier alpha value is -1.85. The zero-order chi connectivity index (χ0) is 10.8. The number of aromatic amines is 1. The Balaban J connectivity index is 2.12. The van der Waals surface area contributed by atoms with Crippen LogP contribution in [0.4, 0.5) is 5.82 Å². The van der Waals surface area contributed by atoms with Gasteiger partial charge in [-0.05, 0) is 18.8 Å². The van der Waals surface area contributed by atoms with Gasteiger partial charge in [-0.25, -0.2) is 9.78 Å². The van der Waals surface area contributed by atoms with E-state index < -0.39 is 12.0 Å². The molecule has 0 aromatic carbocycles. The largest absolute Gasteiger partial charge is 0.480 e. The molecule has 0 radical (unpaired) electrons. The standard InChI is InChI=1S/C9H11N3O3/c13-7-3-6(10-4-11-7)12-8(9(14)15)5-1-2-5/h3-5,8H,1-2H2,(H,14,15)(H2,10,11,12,13). The van der Waals surface area contributed by atoms with E-state index in [-0.39, 0.29) is 11.5 Å². The number of carboxylic acid groups (broad SMARTS) is 1. The van der Waals surface area contributed by atoms with E-state index >= 15 is 0 Å². The highest BCUT2D eigenvalue weighted by Crippen LogP contribution is 2.33. The number of anilines is 1. The predicted octanol–water partition coefficient (Wildman–Crippen LogP) is 0.0450. The van der Waals surface area contributed by atoms with Crippen LogP contribution in [0.5, 0.6) is 0 Å². The van der Waals surface area contributed by atoms with Gasteiger partial charge in [0, 0.05) is 6.07 Å². The monoisotopic (exact) mass is 209 g/mol. The third-order valence-corrected chi connectivity index (χ3v) is 2.34. The number of nitrogens with zero attached hydrogens (tertiary/aromatic N) is 1. The summed E-state index contributed by atoms with van der Waals surface area (Å²) in [6.45, 7) is 0. The quantitative estimate of drug-likeness (QED) is 0.651. The third-order valence-electron chi connectivity index (χ3n) is 2.34. The summed E-state index contributed by atoms with van der Waals surface area (Å²) < 4.78 is 0. The maximum absolute atomic E-state index is 10.9. The number of aromatic nitrogens is 2. The molecule has 1 fully saturated rings. The Labute approximate surface area is 85.4 Å². The van der Waals surface area contributed by atoms with E-state index in [1.807, 2.05) is 0 Å². The third kappa shape index (κ3) is 2.34. The molecule has 0 saturated heterocycles. The Bertz CT molecular complexity index is 425. The van der Waals surface area contributed by atoms with Crippen molar-refractivity contribution in [2.45, 2.75) is 18.9 Å². The Morgan fingerprint density at radius 3 is 2.93 bits per heavy atom. The summed E-state index contributed by atoms with van der Waals surface area (Å²) in [5.41, 5.74) is -0.299. The number of H-pyrrole nitrogens is 1. The first kappa shape index (κ1) is 9.70. The smallest absolute Gasteiger partial charge is 0.326 e. The molecule has 15 heavy (non-hydrogen) atoms. The van der Waals surface area contributed by atoms with Crippen LogP contribution in [0.15, 0.2) is 17.2 Å². The van der Waals surface area contributed by atoms with Gasteiger partial charge in [-0.3, -0.25) is 4.79 Å². The van der Waals surface area contributed by atoms with Crippen molar-refractivity contribution < 1.29 is 9.90 Å². The van der Waals surface area contributed by atoms with Crippen molar-refractivity contribution in [2.75, 3.05) is 5.32 Å². The molecular weight excluding hydrogens is 198 g/mol. The molecule has 3 N–H and O–H groups in total. The number of hydrogen-bond acceptors (Lipinski definition) is 4. The predicted molar refractivity (Wildman–Crippen MR) is 52.6 cm³/mol. The van der Waals surface area contributed by atoms with Crippen LogP contribution in [-0.2, 0) is 4.79 Å². The molecule has 1 aliphatic carbocycles. The fourth-order valence-corrected chi connectivity index (χ4v) is 1.42. The first-order valence-electron chi connectivity index (χ1n) is 4.71. The summed E-state index contributed by atoms with van der Waals surface area (Å²) in [5.74, 6) is -0.443. The summed E-state index contributed by atoms with van der Waals surface area (Å²) in [7, 11) is 0. The van der Waals surface area contributed by atoms with E-state index in [1.54, 1.807) is 0 Å². The molecule has 1 saturated carbocycles. The molecule has 0 bridgehead atoms. The first-order chi connectivity index (χ1) is 7.16. The van der Waals surface area contributed by atoms with Crippen molar-refractivity contribution in [1.29, 1.82) is 0 Å². The van der Waals surface area contributed by atoms with Gasteiger partial charge in [0.15, 0.2) is 0 Å². The molecule has 6 heteroatoms. The second kappa shape index (κ2) is 3.72. The van der Waals surface area contributed by atoms with Crippen LogP contribution in [0.2, 0.25) is 0 Å². The number of hydrogen-bond donors (Lipinski definition) is 3. The van der Waals surface area contributed by atoms with Crippen molar-refractivity contribution in [1.82, 2.24) is 9.97 Å². The number of aliphatic carboxylic acids is 1. The van der Waals surface area contributed by atoms with Crippen LogP contribution in [0.3, 0.4) is 0 Å². The fourth-order valence-electron chi connectivity index (χ4n) is 1.42. The van der Waals surface area contributed by atoms with E-state index in [0.717, 1.165) is 12.8 Å². The van der Waals surface area contributed by atoms with Gasteiger partial charge < -0.3 is 15.4 Å². The Kier molecular flexibility index (Phi) is 2.40. The minimum atomic E-state index is -0.903. The lowest BCUT2D eigenvalue weighted by Gasteiger charge is -2.13. The Morgan fingerprint density at radius 2 is 2.40 bits per heavy atom. The SMILES string of the molecule is O=C(O)C(Nc1cc(=O)[nH]cn1)C1CC1. The minimum Gasteiger partial charge on any atom is -0.480 e. The van der Waals surface area contributed by atoms with E-state index in [1.165, 1.54) is 12.4 Å². The average Bonchev–Trinajstić information content (AvgIpc) is 2.97. The average molecular weight is 209 g/mol. The lowest BCUT2D eigenvalue weighted by Crippen LogP contribution is -2.32. The van der Waals surface area contributed by atoms with Gasteiger partial charge in [0.05, 0.1) is 6.33 Å². The maximum Gasteiger partial charge on any atom is 0.326 e. The molecule has 1 heterocycles. The van der Waals surface area contributed by atoms with Gasteiger partial charge in [-0.2, -0.15) is 0 Å². The van der Waals surface area contributed by atoms with Crippen molar-refractivity contribution in [3.05, 3.63) is 22.7 Å².